The van der Waals surface area contributed by atoms with E-state index >= 15 is 0 Å². The lowest BCUT2D eigenvalue weighted by Crippen LogP contribution is -2.27. The summed E-state index contributed by atoms with van der Waals surface area (Å²) in [7, 11) is -4.55. The first-order valence-corrected chi connectivity index (χ1v) is 20.2. The second-order valence-corrected chi connectivity index (χ2v) is 16.2. The van der Waals surface area contributed by atoms with Gasteiger partial charge in [0.1, 0.15) is 0 Å². The second-order valence-electron chi connectivity index (χ2n) is 11.7. The highest BCUT2D eigenvalue weighted by Gasteiger charge is 2.39. The third-order valence-electron chi connectivity index (χ3n) is 8.61. The lowest BCUT2D eigenvalue weighted by atomic mass is 9.94. The van der Waals surface area contributed by atoms with Crippen molar-refractivity contribution in [3.8, 4) is 0 Å². The van der Waals surface area contributed by atoms with Gasteiger partial charge >= 0.3 is 24.1 Å². The zero-order valence-corrected chi connectivity index (χ0v) is 34.2. The topological polar surface area (TPSA) is 222 Å². The maximum absolute atomic E-state index is 12.5. The summed E-state index contributed by atoms with van der Waals surface area (Å²) in [6, 6.07) is 8.00. The van der Waals surface area contributed by atoms with Gasteiger partial charge in [-0.15, -0.1) is 24.8 Å². The van der Waals surface area contributed by atoms with E-state index in [-0.39, 0.29) is 71.3 Å². The summed E-state index contributed by atoms with van der Waals surface area (Å²) < 4.78 is 69.4. The second kappa shape index (κ2) is 22.0. The Hall–Kier alpha value is -3.68. The first-order valence-electron chi connectivity index (χ1n) is 16.9. The molecule has 304 valence electrons. The molecule has 0 spiro atoms. The van der Waals surface area contributed by atoms with Gasteiger partial charge in [0, 0.05) is 23.5 Å². The van der Waals surface area contributed by atoms with Crippen LogP contribution in [0.1, 0.15) is 63.7 Å². The molecule has 2 aromatic carbocycles. The number of esters is 2. The van der Waals surface area contributed by atoms with E-state index in [4.69, 9.17) is 9.47 Å². The molecule has 0 unspecified atom stereocenters. The van der Waals surface area contributed by atoms with Crippen LogP contribution in [-0.4, -0.2) is 93.0 Å². The van der Waals surface area contributed by atoms with Gasteiger partial charge in [-0.25, -0.2) is 26.4 Å². The molecule has 0 aliphatic carbocycles. The van der Waals surface area contributed by atoms with Crippen LogP contribution in [0.5, 0.6) is 0 Å². The summed E-state index contributed by atoms with van der Waals surface area (Å²) in [6.07, 6.45) is -0.236. The summed E-state index contributed by atoms with van der Waals surface area (Å²) in [5.74, 6) is -1.85. The van der Waals surface area contributed by atoms with E-state index in [1.807, 2.05) is 0 Å². The van der Waals surface area contributed by atoms with Gasteiger partial charge in [0.05, 0.1) is 60.6 Å². The maximum Gasteiger partial charge on any atom is 0.411 e. The summed E-state index contributed by atoms with van der Waals surface area (Å²) >= 11 is 0. The molecule has 2 saturated heterocycles. The number of carbonyl (C=O) groups excluding carboxylic acids is 4. The minimum absolute atomic E-state index is 0. The average Bonchev–Trinajstić information content (AvgIpc) is 3.83. The number of ether oxygens (including phenoxy) is 4. The van der Waals surface area contributed by atoms with Crippen molar-refractivity contribution in [1.29, 1.82) is 0 Å². The van der Waals surface area contributed by atoms with Crippen molar-refractivity contribution in [2.75, 3.05) is 62.7 Å². The first-order chi connectivity index (χ1) is 24.7. The van der Waals surface area contributed by atoms with Crippen LogP contribution in [0.15, 0.2) is 46.2 Å². The third-order valence-corrected chi connectivity index (χ3v) is 12.2. The monoisotopic (exact) mass is 840 g/mol. The van der Waals surface area contributed by atoms with Gasteiger partial charge in [-0.05, 0) is 87.3 Å². The number of anilines is 2. The Labute approximate surface area is 328 Å². The van der Waals surface area contributed by atoms with Crippen molar-refractivity contribution < 1.29 is 55.0 Å². The van der Waals surface area contributed by atoms with Gasteiger partial charge in [0.25, 0.3) is 0 Å². The molecule has 54 heavy (non-hydrogen) atoms. The molecular weight excluding hydrogens is 791 g/mol. The fraction of sp³-hybridized carbons (Fsp3) is 0.529. The quantitative estimate of drug-likeness (QED) is 0.170. The van der Waals surface area contributed by atoms with Gasteiger partial charge in [-0.1, -0.05) is 13.8 Å². The largest absolute Gasteiger partial charge is 0.466 e. The van der Waals surface area contributed by atoms with E-state index < -0.39 is 55.8 Å². The minimum Gasteiger partial charge on any atom is -0.466 e. The molecule has 0 saturated carbocycles. The average molecular weight is 842 g/mol. The lowest BCUT2D eigenvalue weighted by molar-refractivity contribution is -0.149. The van der Waals surface area contributed by atoms with E-state index in [0.717, 1.165) is 0 Å². The standard InChI is InChI=1S/2C17H24N2O6S.2ClH/c2*1-4-25-16(20)12-8-9-18-15(12)13-10-11(19-17(21)24-3)6-7-14(13)26(22,23)5-2;;/h2*6-7,10,12,15,18H,4-5,8-9H2,1-3H3,(H,19,21);2*1H/t12-,15+;12-,15-;;/m01../s1. The SMILES string of the molecule is CCOC(=O)[C@@H]1CCN[C@H]1c1cc(NC(=O)OC)ccc1S(=O)(=O)CC.CCOC(=O)[C@H]1CCN[C@H]1c1cc(NC(=O)OC)ccc1S(=O)(=O)CC.Cl.Cl. The van der Waals surface area contributed by atoms with Crippen LogP contribution in [-0.2, 0) is 48.2 Å². The molecular formula is C34H50Cl2N4O12S2. The van der Waals surface area contributed by atoms with E-state index in [1.165, 1.54) is 38.5 Å². The van der Waals surface area contributed by atoms with Crippen molar-refractivity contribution in [2.45, 2.75) is 62.4 Å². The highest BCUT2D eigenvalue weighted by Crippen LogP contribution is 2.37. The van der Waals surface area contributed by atoms with Crippen LogP contribution in [0.3, 0.4) is 0 Å². The van der Waals surface area contributed by atoms with Crippen molar-refractivity contribution in [3.63, 3.8) is 0 Å². The van der Waals surface area contributed by atoms with Crippen LogP contribution in [0, 0.1) is 11.8 Å². The number of benzene rings is 2. The number of hydrogen-bond acceptors (Lipinski definition) is 14. The molecule has 20 heteroatoms. The smallest absolute Gasteiger partial charge is 0.411 e. The summed E-state index contributed by atoms with van der Waals surface area (Å²) in [6.45, 7) is 8.21. The number of amides is 2. The molecule has 0 bridgehead atoms. The zero-order chi connectivity index (χ0) is 38.6. The number of nitrogens with one attached hydrogen (secondary N) is 4. The number of sulfone groups is 2. The molecule has 0 radical (unpaired) electrons. The fourth-order valence-corrected chi connectivity index (χ4v) is 8.28. The number of rotatable bonds is 12. The Morgan fingerprint density at radius 1 is 0.648 bits per heavy atom. The van der Waals surface area contributed by atoms with Crippen molar-refractivity contribution in [3.05, 3.63) is 47.5 Å². The first kappa shape index (κ1) is 48.3. The minimum atomic E-state index is -3.51. The van der Waals surface area contributed by atoms with Crippen LogP contribution in [0.4, 0.5) is 21.0 Å². The van der Waals surface area contributed by atoms with Gasteiger partial charge in [0.15, 0.2) is 19.7 Å². The highest BCUT2D eigenvalue weighted by atomic mass is 35.5. The van der Waals surface area contributed by atoms with Gasteiger partial charge in [0.2, 0.25) is 0 Å². The van der Waals surface area contributed by atoms with E-state index in [2.05, 4.69) is 30.7 Å². The van der Waals surface area contributed by atoms with Crippen LogP contribution in [0.2, 0.25) is 0 Å². The Balaban J connectivity index is 0.000000521. The number of halogens is 2. The molecule has 2 aliphatic heterocycles. The Kier molecular flexibility index (Phi) is 19.7. The van der Waals surface area contributed by atoms with E-state index in [0.29, 0.717) is 48.4 Å². The molecule has 4 N–H and O–H groups in total. The molecule has 2 aromatic rings. The van der Waals surface area contributed by atoms with Crippen molar-refractivity contribution >= 4 is 80.0 Å². The van der Waals surface area contributed by atoms with Gasteiger partial charge < -0.3 is 29.6 Å². The maximum atomic E-state index is 12.5. The van der Waals surface area contributed by atoms with Crippen molar-refractivity contribution in [1.82, 2.24) is 10.6 Å². The molecule has 16 nitrogen and oxygen atoms in total. The van der Waals surface area contributed by atoms with Crippen LogP contribution >= 0.6 is 24.8 Å². The predicted octanol–water partition coefficient (Wildman–Crippen LogP) is 4.59. The Morgan fingerprint density at radius 3 is 1.30 bits per heavy atom. The lowest BCUT2D eigenvalue weighted by Gasteiger charge is -2.22. The number of carbonyl (C=O) groups is 4. The molecule has 2 heterocycles. The summed E-state index contributed by atoms with van der Waals surface area (Å²) in [5.41, 5.74) is 1.66. The van der Waals surface area contributed by atoms with Gasteiger partial charge in [-0.2, -0.15) is 0 Å². The van der Waals surface area contributed by atoms with Crippen molar-refractivity contribution in [2.24, 2.45) is 11.8 Å². The van der Waals surface area contributed by atoms with Crippen LogP contribution in [0.25, 0.3) is 0 Å². The molecule has 2 amide bonds. The highest BCUT2D eigenvalue weighted by molar-refractivity contribution is 7.91. The number of hydrogen-bond donors (Lipinski definition) is 4. The molecule has 0 aromatic heterocycles. The normalized spacial score (nSPS) is 19.1. The predicted molar refractivity (Wildman–Crippen MR) is 206 cm³/mol. The van der Waals surface area contributed by atoms with E-state index in [1.54, 1.807) is 39.8 Å². The molecule has 4 atom stereocenters. The summed E-state index contributed by atoms with van der Waals surface area (Å²) in [4.78, 5) is 47.8. The molecule has 4 rings (SSSR count). The Morgan fingerprint density at radius 2 is 1.00 bits per heavy atom. The zero-order valence-electron chi connectivity index (χ0n) is 31.0. The third kappa shape index (κ3) is 12.2. The fourth-order valence-electron chi connectivity index (χ4n) is 6.02. The summed E-state index contributed by atoms with van der Waals surface area (Å²) in [5, 5.41) is 11.4. The molecule has 2 fully saturated rings. The van der Waals surface area contributed by atoms with E-state index in [9.17, 15) is 36.0 Å². The molecule has 2 aliphatic rings. The van der Waals surface area contributed by atoms with Crippen LogP contribution < -0.4 is 21.3 Å². The van der Waals surface area contributed by atoms with Gasteiger partial charge in [-0.3, -0.25) is 20.2 Å². The Bertz CT molecular complexity index is 1700. The number of methoxy groups -OCH3 is 2.